The maximum absolute atomic E-state index is 11.4. The molecule has 0 amide bonds. The number of hydrogen-bond donors (Lipinski definition) is 1. The predicted octanol–water partition coefficient (Wildman–Crippen LogP) is 0.834. The van der Waals surface area contributed by atoms with Crippen molar-refractivity contribution in [2.45, 2.75) is 0 Å². The van der Waals surface area contributed by atoms with E-state index in [9.17, 15) is 9.90 Å². The Balaban J connectivity index is 2.30. The fourth-order valence-corrected chi connectivity index (χ4v) is 3.36. The van der Waals surface area contributed by atoms with E-state index in [0.717, 1.165) is 8.92 Å². The van der Waals surface area contributed by atoms with Crippen molar-refractivity contribution in [1.82, 2.24) is 0 Å². The van der Waals surface area contributed by atoms with E-state index in [2.05, 4.69) is 4.74 Å². The quantitative estimate of drug-likeness (QED) is 0.675. The van der Waals surface area contributed by atoms with Crippen molar-refractivity contribution >= 4 is 29.8 Å². The topological polar surface area (TPSA) is 46.5 Å². The van der Waals surface area contributed by atoms with Crippen LogP contribution in [-0.4, -0.2) is 33.1 Å². The second kappa shape index (κ2) is 5.71. The first-order chi connectivity index (χ1) is 8.70. The summed E-state index contributed by atoms with van der Waals surface area (Å²) in [6, 6.07) is 14.7. The van der Waals surface area contributed by atoms with E-state index < -0.39 is 0 Å². The van der Waals surface area contributed by atoms with Gasteiger partial charge in [-0.05, 0) is 0 Å². The minimum atomic E-state index is -0.389. The minimum absolute atomic E-state index is 0.0324. The van der Waals surface area contributed by atoms with E-state index in [1.807, 2.05) is 30.3 Å². The zero-order valence-electron chi connectivity index (χ0n) is 9.79. The first-order valence-electron chi connectivity index (χ1n) is 5.35. The normalized spacial score (nSPS) is 10.1. The molecular weight excluding hydrogens is 295 g/mol. The van der Waals surface area contributed by atoms with Crippen LogP contribution in [0.5, 0.6) is 5.75 Å². The molecule has 0 aliphatic rings. The monoisotopic (exact) mass is 308 g/mol. The number of carbonyl (C=O) groups excluding carboxylic acids is 1. The van der Waals surface area contributed by atoms with E-state index in [0.29, 0.717) is 5.56 Å². The molecule has 0 radical (unpaired) electrons. The zero-order chi connectivity index (χ0) is 13.0. The molecule has 0 spiro atoms. The molecule has 0 aliphatic heterocycles. The van der Waals surface area contributed by atoms with Gasteiger partial charge in [0.1, 0.15) is 0 Å². The van der Waals surface area contributed by atoms with Crippen LogP contribution in [0, 0.1) is 0 Å². The van der Waals surface area contributed by atoms with Crippen LogP contribution < -0.4 is 8.92 Å². The van der Waals surface area contributed by atoms with Gasteiger partial charge in [-0.15, -0.1) is 0 Å². The van der Waals surface area contributed by atoms with Crippen molar-refractivity contribution in [2.24, 2.45) is 0 Å². The SMILES string of the molecule is COC(=O)c1ccc(O)c([Se]c2ccccc2)c1. The average molecular weight is 307 g/mol. The van der Waals surface area contributed by atoms with Gasteiger partial charge in [0.25, 0.3) is 0 Å². The molecule has 0 unspecified atom stereocenters. The number of phenolic OH excluding ortho intramolecular Hbond substituents is 1. The fourth-order valence-electron chi connectivity index (χ4n) is 1.46. The van der Waals surface area contributed by atoms with Gasteiger partial charge in [0.15, 0.2) is 0 Å². The Morgan fingerprint density at radius 1 is 1.17 bits per heavy atom. The summed E-state index contributed by atoms with van der Waals surface area (Å²) in [7, 11) is 1.34. The summed E-state index contributed by atoms with van der Waals surface area (Å²) in [6.45, 7) is 0. The Morgan fingerprint density at radius 3 is 2.56 bits per heavy atom. The number of benzene rings is 2. The number of ether oxygens (including phenoxy) is 1. The second-order valence-corrected chi connectivity index (χ2v) is 5.93. The second-order valence-electron chi connectivity index (χ2n) is 3.59. The third kappa shape index (κ3) is 2.91. The summed E-state index contributed by atoms with van der Waals surface area (Å²) in [6.07, 6.45) is 0. The Kier molecular flexibility index (Phi) is 4.03. The van der Waals surface area contributed by atoms with Crippen molar-refractivity contribution in [3.8, 4) is 5.75 Å². The first-order valence-corrected chi connectivity index (χ1v) is 7.06. The molecule has 2 aromatic rings. The first kappa shape index (κ1) is 12.7. The molecule has 2 aromatic carbocycles. The van der Waals surface area contributed by atoms with Gasteiger partial charge in [-0.25, -0.2) is 0 Å². The number of phenols is 1. The van der Waals surface area contributed by atoms with Crippen LogP contribution in [0.15, 0.2) is 48.5 Å². The van der Waals surface area contributed by atoms with Gasteiger partial charge >= 0.3 is 111 Å². The average Bonchev–Trinajstić information content (AvgIpc) is 2.41. The summed E-state index contributed by atoms with van der Waals surface area (Å²) < 4.78 is 6.58. The van der Waals surface area contributed by atoms with Crippen LogP contribution in [0.1, 0.15) is 10.4 Å². The Labute approximate surface area is 112 Å². The van der Waals surface area contributed by atoms with Crippen LogP contribution in [-0.2, 0) is 4.74 Å². The Hall–Kier alpha value is -1.77. The molecule has 3 nitrogen and oxygen atoms in total. The van der Waals surface area contributed by atoms with Crippen LogP contribution >= 0.6 is 0 Å². The van der Waals surface area contributed by atoms with Gasteiger partial charge in [-0.2, -0.15) is 0 Å². The number of carbonyl (C=O) groups is 1. The van der Waals surface area contributed by atoms with Crippen molar-refractivity contribution in [2.75, 3.05) is 7.11 Å². The van der Waals surface area contributed by atoms with Crippen molar-refractivity contribution < 1.29 is 14.6 Å². The summed E-state index contributed by atoms with van der Waals surface area (Å²) in [5.41, 5.74) is 0.461. The van der Waals surface area contributed by atoms with Crippen molar-refractivity contribution in [3.05, 3.63) is 54.1 Å². The summed E-state index contributed by atoms with van der Waals surface area (Å²) in [5, 5.41) is 9.81. The zero-order valence-corrected chi connectivity index (χ0v) is 11.5. The molecule has 0 heterocycles. The molecule has 0 aliphatic carbocycles. The number of rotatable bonds is 3. The molecule has 0 atom stereocenters. The van der Waals surface area contributed by atoms with Gasteiger partial charge < -0.3 is 0 Å². The summed E-state index contributed by atoms with van der Waals surface area (Å²) in [5.74, 6) is -0.174. The van der Waals surface area contributed by atoms with Gasteiger partial charge in [-0.3, -0.25) is 0 Å². The molecule has 0 fully saturated rings. The molecule has 0 aromatic heterocycles. The number of esters is 1. The van der Waals surface area contributed by atoms with Crippen LogP contribution in [0.4, 0.5) is 0 Å². The fraction of sp³-hybridized carbons (Fsp3) is 0.0714. The number of methoxy groups -OCH3 is 1. The Morgan fingerprint density at radius 2 is 1.89 bits per heavy atom. The predicted molar refractivity (Wildman–Crippen MR) is 70.9 cm³/mol. The van der Waals surface area contributed by atoms with E-state index in [1.54, 1.807) is 12.1 Å². The molecule has 0 saturated heterocycles. The summed E-state index contributed by atoms with van der Waals surface area (Å²) in [4.78, 5) is 11.4. The Bertz CT molecular complexity index is 552. The van der Waals surface area contributed by atoms with E-state index in [-0.39, 0.29) is 26.7 Å². The van der Waals surface area contributed by atoms with Gasteiger partial charge in [0, 0.05) is 0 Å². The molecule has 0 saturated carbocycles. The van der Waals surface area contributed by atoms with Gasteiger partial charge in [0.05, 0.1) is 0 Å². The van der Waals surface area contributed by atoms with Gasteiger partial charge in [-0.1, -0.05) is 0 Å². The van der Waals surface area contributed by atoms with E-state index >= 15 is 0 Å². The third-order valence-corrected chi connectivity index (χ3v) is 4.56. The molecule has 4 heteroatoms. The van der Waals surface area contributed by atoms with Crippen LogP contribution in [0.3, 0.4) is 0 Å². The molecule has 92 valence electrons. The maximum atomic E-state index is 11.4. The summed E-state index contributed by atoms with van der Waals surface area (Å²) >= 11 is -0.0324. The third-order valence-electron chi connectivity index (χ3n) is 2.35. The number of hydrogen-bond acceptors (Lipinski definition) is 3. The van der Waals surface area contributed by atoms with Crippen LogP contribution in [0.2, 0.25) is 0 Å². The number of aromatic hydroxyl groups is 1. The molecule has 18 heavy (non-hydrogen) atoms. The van der Waals surface area contributed by atoms with E-state index in [1.165, 1.54) is 13.2 Å². The van der Waals surface area contributed by atoms with E-state index in [4.69, 9.17) is 0 Å². The van der Waals surface area contributed by atoms with Crippen molar-refractivity contribution in [3.63, 3.8) is 0 Å². The molecular formula is C14H12O3Se. The standard InChI is InChI=1S/C14H12O3Se/c1-17-14(16)10-7-8-12(15)13(9-10)18-11-5-3-2-4-6-11/h2-9,15H,1H3. The molecule has 2 rings (SSSR count). The van der Waals surface area contributed by atoms with Gasteiger partial charge in [0.2, 0.25) is 0 Å². The van der Waals surface area contributed by atoms with Crippen LogP contribution in [0.25, 0.3) is 0 Å². The molecule has 1 N–H and O–H groups in total. The van der Waals surface area contributed by atoms with Crippen molar-refractivity contribution in [1.29, 1.82) is 0 Å². The molecule has 0 bridgehead atoms.